The molecule has 0 aliphatic carbocycles. The van der Waals surface area contributed by atoms with E-state index in [0.717, 1.165) is 0 Å². The maximum absolute atomic E-state index is 13.6. The summed E-state index contributed by atoms with van der Waals surface area (Å²) in [4.78, 5) is 25.1. The first-order valence-electron chi connectivity index (χ1n) is 6.07. The molecule has 0 unspecified atom stereocenters. The summed E-state index contributed by atoms with van der Waals surface area (Å²) in [5.74, 6) is -3.72. The van der Waals surface area contributed by atoms with Gasteiger partial charge in [0.05, 0.1) is 5.69 Å². The molecule has 1 aromatic heterocycles. The molecule has 5 nitrogen and oxygen atoms in total. The Kier molecular flexibility index (Phi) is 4.18. The van der Waals surface area contributed by atoms with Gasteiger partial charge in [0, 0.05) is 18.7 Å². The van der Waals surface area contributed by atoms with E-state index >= 15 is 0 Å². The van der Waals surface area contributed by atoms with Crippen LogP contribution in [0.2, 0.25) is 0 Å². The number of carboxylic acid groups (broad SMARTS) is 1. The van der Waals surface area contributed by atoms with Crippen LogP contribution in [-0.2, 0) is 11.2 Å². The molecule has 3 N–H and O–H groups in total. The van der Waals surface area contributed by atoms with Crippen LogP contribution in [0.5, 0.6) is 0 Å². The molecule has 0 bridgehead atoms. The van der Waals surface area contributed by atoms with Crippen molar-refractivity contribution in [3.63, 3.8) is 0 Å². The normalized spacial score (nSPS) is 11.4. The van der Waals surface area contributed by atoms with E-state index in [1.54, 1.807) is 24.3 Å². The number of carboxylic acids is 1. The fraction of sp³-hybridized carbons (Fsp3) is 0.0667. The predicted molar refractivity (Wildman–Crippen MR) is 72.7 cm³/mol. The number of rotatable bonds is 5. The minimum Gasteiger partial charge on any atom is -0.502 e. The molecule has 2 aromatic rings. The van der Waals surface area contributed by atoms with Crippen molar-refractivity contribution in [3.8, 4) is 0 Å². The lowest BCUT2D eigenvalue weighted by Gasteiger charge is -2.03. The van der Waals surface area contributed by atoms with Gasteiger partial charge < -0.3 is 15.2 Å². The topological polar surface area (TPSA) is 90.4 Å². The van der Waals surface area contributed by atoms with Gasteiger partial charge in [0.2, 0.25) is 11.5 Å². The van der Waals surface area contributed by atoms with E-state index in [9.17, 15) is 14.0 Å². The van der Waals surface area contributed by atoms with Crippen LogP contribution >= 0.6 is 0 Å². The number of carbonyl (C=O) groups is 2. The second kappa shape index (κ2) is 6.04. The van der Waals surface area contributed by atoms with Crippen molar-refractivity contribution >= 4 is 11.8 Å². The van der Waals surface area contributed by atoms with E-state index in [4.69, 9.17) is 10.2 Å². The summed E-state index contributed by atoms with van der Waals surface area (Å²) in [6.45, 7) is 0. The van der Waals surface area contributed by atoms with Crippen molar-refractivity contribution < 1.29 is 24.2 Å². The van der Waals surface area contributed by atoms with Crippen molar-refractivity contribution in [1.82, 2.24) is 4.98 Å². The molecule has 0 spiro atoms. The number of H-pyrrole nitrogens is 1. The summed E-state index contributed by atoms with van der Waals surface area (Å²) in [5, 5.41) is 17.6. The van der Waals surface area contributed by atoms with Gasteiger partial charge in [-0.25, -0.2) is 9.18 Å². The number of hydrogen-bond donors (Lipinski definition) is 3. The van der Waals surface area contributed by atoms with Crippen molar-refractivity contribution in [1.29, 1.82) is 0 Å². The third-order valence-electron chi connectivity index (χ3n) is 2.91. The van der Waals surface area contributed by atoms with E-state index in [1.807, 2.05) is 0 Å². The third kappa shape index (κ3) is 3.36. The van der Waals surface area contributed by atoms with E-state index in [0.29, 0.717) is 17.2 Å². The summed E-state index contributed by atoms with van der Waals surface area (Å²) >= 11 is 0. The molecule has 0 saturated heterocycles. The van der Waals surface area contributed by atoms with E-state index in [2.05, 4.69) is 4.98 Å². The highest BCUT2D eigenvalue weighted by atomic mass is 19.1. The van der Waals surface area contributed by atoms with Crippen LogP contribution in [0.15, 0.2) is 48.4 Å². The molecule has 0 fully saturated rings. The SMILES string of the molecule is O=C(O)C(O)=CC(=O)c1[nH]ccc1Cc1ccccc1F. The Balaban J connectivity index is 2.27. The molecule has 0 radical (unpaired) electrons. The van der Waals surface area contributed by atoms with Crippen LogP contribution in [0, 0.1) is 5.82 Å². The average Bonchev–Trinajstić information content (AvgIpc) is 2.89. The lowest BCUT2D eigenvalue weighted by Crippen LogP contribution is -2.06. The van der Waals surface area contributed by atoms with Crippen LogP contribution in [0.4, 0.5) is 4.39 Å². The third-order valence-corrected chi connectivity index (χ3v) is 2.91. The van der Waals surface area contributed by atoms with Gasteiger partial charge in [-0.2, -0.15) is 0 Å². The molecule has 0 saturated carbocycles. The Morgan fingerprint density at radius 1 is 1.14 bits per heavy atom. The average molecular weight is 289 g/mol. The molecule has 108 valence electrons. The molecule has 1 aromatic carbocycles. The summed E-state index contributed by atoms with van der Waals surface area (Å²) in [7, 11) is 0. The van der Waals surface area contributed by atoms with Crippen molar-refractivity contribution in [3.05, 3.63) is 71.0 Å². The highest BCUT2D eigenvalue weighted by Crippen LogP contribution is 2.17. The van der Waals surface area contributed by atoms with Gasteiger partial charge in [-0.15, -0.1) is 0 Å². The fourth-order valence-corrected chi connectivity index (χ4v) is 1.88. The Morgan fingerprint density at radius 3 is 2.52 bits per heavy atom. The van der Waals surface area contributed by atoms with Gasteiger partial charge in [-0.05, 0) is 23.3 Å². The quantitative estimate of drug-likeness (QED) is 0.448. The molecule has 0 aliphatic heterocycles. The molecular formula is C15H12FNO4. The Hall–Kier alpha value is -2.89. The van der Waals surface area contributed by atoms with Crippen LogP contribution < -0.4 is 0 Å². The molecule has 6 heteroatoms. The maximum atomic E-state index is 13.6. The number of aliphatic hydroxyl groups excluding tert-OH is 1. The number of halogens is 1. The smallest absolute Gasteiger partial charge is 0.371 e. The van der Waals surface area contributed by atoms with Gasteiger partial charge in [0.25, 0.3) is 0 Å². The number of allylic oxidation sites excluding steroid dienone is 1. The first kappa shape index (κ1) is 14.5. The largest absolute Gasteiger partial charge is 0.502 e. The monoisotopic (exact) mass is 289 g/mol. The van der Waals surface area contributed by atoms with Crippen LogP contribution in [-0.4, -0.2) is 26.9 Å². The Morgan fingerprint density at radius 2 is 1.86 bits per heavy atom. The standard InChI is InChI=1S/C15H12FNO4/c16-11-4-2-1-3-9(11)7-10-5-6-17-14(10)12(18)8-13(19)15(20)21/h1-6,8,17,19H,7H2,(H,20,21). The second-order valence-corrected chi connectivity index (χ2v) is 4.35. The van der Waals surface area contributed by atoms with Crippen LogP contribution in [0.3, 0.4) is 0 Å². The van der Waals surface area contributed by atoms with E-state index in [1.165, 1.54) is 12.3 Å². The number of aromatic nitrogens is 1. The van der Waals surface area contributed by atoms with Crippen LogP contribution in [0.1, 0.15) is 21.6 Å². The number of aromatic amines is 1. The van der Waals surface area contributed by atoms with E-state index in [-0.39, 0.29) is 17.9 Å². The van der Waals surface area contributed by atoms with Crippen molar-refractivity contribution in [2.75, 3.05) is 0 Å². The van der Waals surface area contributed by atoms with E-state index < -0.39 is 17.5 Å². The van der Waals surface area contributed by atoms with Crippen molar-refractivity contribution in [2.45, 2.75) is 6.42 Å². The number of aliphatic carboxylic acids is 1. The molecule has 2 rings (SSSR count). The van der Waals surface area contributed by atoms with Gasteiger partial charge in [-0.3, -0.25) is 4.79 Å². The summed E-state index contributed by atoms with van der Waals surface area (Å²) in [6.07, 6.45) is 2.28. The number of nitrogens with one attached hydrogen (secondary N) is 1. The molecule has 0 amide bonds. The number of carbonyl (C=O) groups excluding carboxylic acids is 1. The van der Waals surface area contributed by atoms with Gasteiger partial charge in [-0.1, -0.05) is 18.2 Å². The number of ketones is 1. The Labute approximate surface area is 119 Å². The molecule has 1 heterocycles. The van der Waals surface area contributed by atoms with Crippen LogP contribution in [0.25, 0.3) is 0 Å². The summed E-state index contributed by atoms with van der Waals surface area (Å²) < 4.78 is 13.6. The molecular weight excluding hydrogens is 277 g/mol. The van der Waals surface area contributed by atoms with Gasteiger partial charge in [0.1, 0.15) is 5.82 Å². The minimum absolute atomic E-state index is 0.117. The molecule has 0 atom stereocenters. The zero-order chi connectivity index (χ0) is 15.4. The van der Waals surface area contributed by atoms with Gasteiger partial charge >= 0.3 is 5.97 Å². The number of hydrogen-bond acceptors (Lipinski definition) is 3. The number of benzene rings is 1. The summed E-state index contributed by atoms with van der Waals surface area (Å²) in [6, 6.07) is 7.77. The summed E-state index contributed by atoms with van der Waals surface area (Å²) in [5.41, 5.74) is 1.04. The molecule has 0 aliphatic rings. The number of aliphatic hydroxyl groups is 1. The highest BCUT2D eigenvalue weighted by Gasteiger charge is 2.15. The Bertz CT molecular complexity index is 718. The lowest BCUT2D eigenvalue weighted by molar-refractivity contribution is -0.135. The maximum Gasteiger partial charge on any atom is 0.371 e. The van der Waals surface area contributed by atoms with Gasteiger partial charge in [0.15, 0.2) is 0 Å². The first-order chi connectivity index (χ1) is 9.99. The first-order valence-corrected chi connectivity index (χ1v) is 6.07. The highest BCUT2D eigenvalue weighted by molar-refractivity contribution is 6.07. The minimum atomic E-state index is -1.59. The lowest BCUT2D eigenvalue weighted by atomic mass is 10.0. The predicted octanol–water partition coefficient (Wildman–Crippen LogP) is 2.45. The van der Waals surface area contributed by atoms with Crippen molar-refractivity contribution in [2.24, 2.45) is 0 Å². The fourth-order valence-electron chi connectivity index (χ4n) is 1.88. The second-order valence-electron chi connectivity index (χ2n) is 4.35. The zero-order valence-corrected chi connectivity index (χ0v) is 10.8. The zero-order valence-electron chi connectivity index (χ0n) is 10.8. The molecule has 21 heavy (non-hydrogen) atoms.